The van der Waals surface area contributed by atoms with Crippen LogP contribution in [0.2, 0.25) is 0 Å². The second-order valence-corrected chi connectivity index (χ2v) is 5.03. The van der Waals surface area contributed by atoms with Crippen molar-refractivity contribution in [3.05, 3.63) is 17.7 Å². The quantitative estimate of drug-likeness (QED) is 0.759. The van der Waals surface area contributed by atoms with E-state index in [9.17, 15) is 0 Å². The molecule has 0 spiro atoms. The van der Waals surface area contributed by atoms with Crippen molar-refractivity contribution >= 4 is 0 Å². The number of hydrogen-bond acceptors (Lipinski definition) is 5. The average Bonchev–Trinajstić information content (AvgIpc) is 2.51. The molecule has 1 N–H and O–H groups in total. The molecule has 21 heavy (non-hydrogen) atoms. The molecule has 0 fully saturated rings. The van der Waals surface area contributed by atoms with Crippen LogP contribution in [-0.4, -0.2) is 41.1 Å². The zero-order valence-electron chi connectivity index (χ0n) is 13.9. The molecule has 0 heterocycles. The van der Waals surface area contributed by atoms with Crippen molar-refractivity contribution in [3.63, 3.8) is 0 Å². The van der Waals surface area contributed by atoms with E-state index >= 15 is 0 Å². The number of hydrogen-bond donors (Lipinski definition) is 1. The van der Waals surface area contributed by atoms with Crippen LogP contribution in [0.1, 0.15) is 31.9 Å². The molecule has 0 saturated carbocycles. The van der Waals surface area contributed by atoms with E-state index < -0.39 is 0 Å². The Balaban J connectivity index is 2.91. The maximum absolute atomic E-state index is 5.39. The lowest BCUT2D eigenvalue weighted by Crippen LogP contribution is -2.30. The fourth-order valence-electron chi connectivity index (χ4n) is 2.25. The number of benzene rings is 1. The second kappa shape index (κ2) is 8.74. The molecule has 0 bridgehead atoms. The molecule has 5 heteroatoms. The van der Waals surface area contributed by atoms with E-state index in [4.69, 9.17) is 18.9 Å². The fourth-order valence-corrected chi connectivity index (χ4v) is 2.25. The van der Waals surface area contributed by atoms with Gasteiger partial charge in [-0.05, 0) is 38.0 Å². The molecule has 0 aliphatic rings. The first-order valence-electron chi connectivity index (χ1n) is 7.12. The Labute approximate surface area is 127 Å². The SMILES string of the molecule is COCCC(C)NC(C)c1cc(OC)c(OC)c(OC)c1. The highest BCUT2D eigenvalue weighted by molar-refractivity contribution is 5.54. The van der Waals surface area contributed by atoms with Gasteiger partial charge >= 0.3 is 0 Å². The molecule has 0 amide bonds. The van der Waals surface area contributed by atoms with Crippen LogP contribution in [0.4, 0.5) is 0 Å². The largest absolute Gasteiger partial charge is 0.493 e. The number of nitrogens with one attached hydrogen (secondary N) is 1. The first-order chi connectivity index (χ1) is 10.1. The summed E-state index contributed by atoms with van der Waals surface area (Å²) in [7, 11) is 6.57. The van der Waals surface area contributed by atoms with Crippen LogP contribution < -0.4 is 19.5 Å². The van der Waals surface area contributed by atoms with Crippen LogP contribution in [0.25, 0.3) is 0 Å². The van der Waals surface area contributed by atoms with Gasteiger partial charge in [-0.1, -0.05) is 0 Å². The van der Waals surface area contributed by atoms with Gasteiger partial charge in [0, 0.05) is 25.8 Å². The summed E-state index contributed by atoms with van der Waals surface area (Å²) >= 11 is 0. The lowest BCUT2D eigenvalue weighted by molar-refractivity contribution is 0.183. The van der Waals surface area contributed by atoms with Crippen molar-refractivity contribution in [2.45, 2.75) is 32.4 Å². The fraction of sp³-hybridized carbons (Fsp3) is 0.625. The van der Waals surface area contributed by atoms with Gasteiger partial charge in [0.25, 0.3) is 0 Å². The number of ether oxygens (including phenoxy) is 4. The second-order valence-electron chi connectivity index (χ2n) is 5.03. The van der Waals surface area contributed by atoms with Crippen LogP contribution in [-0.2, 0) is 4.74 Å². The standard InChI is InChI=1S/C16H27NO4/c1-11(7-8-18-3)17-12(2)13-9-14(19-4)16(21-6)15(10-13)20-5/h9-12,17H,7-8H2,1-6H3. The van der Waals surface area contributed by atoms with E-state index in [1.54, 1.807) is 28.4 Å². The van der Waals surface area contributed by atoms with Crippen molar-refractivity contribution < 1.29 is 18.9 Å². The Morgan fingerprint density at radius 3 is 1.95 bits per heavy atom. The van der Waals surface area contributed by atoms with E-state index in [0.717, 1.165) is 18.6 Å². The first kappa shape index (κ1) is 17.6. The Bertz CT molecular complexity index is 411. The summed E-state index contributed by atoms with van der Waals surface area (Å²) in [4.78, 5) is 0. The average molecular weight is 297 g/mol. The van der Waals surface area contributed by atoms with Gasteiger partial charge in [0.2, 0.25) is 5.75 Å². The van der Waals surface area contributed by atoms with Crippen molar-refractivity contribution in [2.75, 3.05) is 35.0 Å². The lowest BCUT2D eigenvalue weighted by atomic mass is 10.1. The molecule has 1 rings (SSSR count). The molecule has 1 aromatic rings. The van der Waals surface area contributed by atoms with Crippen LogP contribution in [0.15, 0.2) is 12.1 Å². The minimum absolute atomic E-state index is 0.172. The summed E-state index contributed by atoms with van der Waals surface area (Å²) in [6.45, 7) is 5.01. The molecule has 0 aliphatic carbocycles. The first-order valence-corrected chi connectivity index (χ1v) is 7.12. The van der Waals surface area contributed by atoms with Crippen molar-refractivity contribution in [1.82, 2.24) is 5.32 Å². The van der Waals surface area contributed by atoms with Gasteiger partial charge in [0.1, 0.15) is 0 Å². The molecule has 2 atom stereocenters. The van der Waals surface area contributed by atoms with Crippen LogP contribution in [0, 0.1) is 0 Å². The topological polar surface area (TPSA) is 49.0 Å². The van der Waals surface area contributed by atoms with Gasteiger partial charge in [-0.15, -0.1) is 0 Å². The van der Waals surface area contributed by atoms with Gasteiger partial charge in [-0.25, -0.2) is 0 Å². The maximum atomic E-state index is 5.39. The molecule has 0 saturated heterocycles. The van der Waals surface area contributed by atoms with E-state index in [1.807, 2.05) is 12.1 Å². The Kier molecular flexibility index (Phi) is 7.32. The van der Waals surface area contributed by atoms with Crippen molar-refractivity contribution in [2.24, 2.45) is 0 Å². The minimum Gasteiger partial charge on any atom is -0.493 e. The predicted octanol–water partition coefficient (Wildman–Crippen LogP) is 2.79. The summed E-state index contributed by atoms with van der Waals surface area (Å²) in [6, 6.07) is 4.48. The molecule has 0 aliphatic heterocycles. The Hall–Kier alpha value is -1.46. The molecule has 1 aromatic carbocycles. The number of rotatable bonds is 9. The normalized spacial score (nSPS) is 13.6. The highest BCUT2D eigenvalue weighted by Crippen LogP contribution is 2.39. The maximum Gasteiger partial charge on any atom is 0.203 e. The predicted molar refractivity (Wildman–Crippen MR) is 83.6 cm³/mol. The minimum atomic E-state index is 0.172. The molecule has 5 nitrogen and oxygen atoms in total. The summed E-state index contributed by atoms with van der Waals surface area (Å²) < 4.78 is 21.2. The van der Waals surface area contributed by atoms with E-state index in [1.165, 1.54) is 0 Å². The van der Waals surface area contributed by atoms with E-state index in [2.05, 4.69) is 19.2 Å². The summed E-state index contributed by atoms with van der Waals surface area (Å²) in [5.74, 6) is 1.96. The third-order valence-corrected chi connectivity index (χ3v) is 3.48. The molecule has 0 aromatic heterocycles. The van der Waals surface area contributed by atoms with Crippen LogP contribution >= 0.6 is 0 Å². The summed E-state index contributed by atoms with van der Waals surface area (Å²) in [5.41, 5.74) is 1.09. The van der Waals surface area contributed by atoms with E-state index in [-0.39, 0.29) is 6.04 Å². The van der Waals surface area contributed by atoms with Gasteiger partial charge in [-0.2, -0.15) is 0 Å². The highest BCUT2D eigenvalue weighted by atomic mass is 16.5. The Morgan fingerprint density at radius 1 is 0.952 bits per heavy atom. The zero-order chi connectivity index (χ0) is 15.8. The molecule has 120 valence electrons. The Morgan fingerprint density at radius 2 is 1.52 bits per heavy atom. The lowest BCUT2D eigenvalue weighted by Gasteiger charge is -2.22. The summed E-state index contributed by atoms with van der Waals surface area (Å²) in [5, 5.41) is 3.54. The van der Waals surface area contributed by atoms with Crippen molar-refractivity contribution in [3.8, 4) is 17.2 Å². The van der Waals surface area contributed by atoms with Gasteiger partial charge in [0.05, 0.1) is 21.3 Å². The molecule has 0 radical (unpaired) electrons. The zero-order valence-corrected chi connectivity index (χ0v) is 13.9. The highest BCUT2D eigenvalue weighted by Gasteiger charge is 2.17. The third-order valence-electron chi connectivity index (χ3n) is 3.48. The van der Waals surface area contributed by atoms with Crippen LogP contribution in [0.3, 0.4) is 0 Å². The monoisotopic (exact) mass is 297 g/mol. The molecular formula is C16H27NO4. The number of methoxy groups -OCH3 is 4. The van der Waals surface area contributed by atoms with Crippen molar-refractivity contribution in [1.29, 1.82) is 0 Å². The van der Waals surface area contributed by atoms with Gasteiger partial charge in [0.15, 0.2) is 11.5 Å². The van der Waals surface area contributed by atoms with Gasteiger partial charge in [-0.3, -0.25) is 0 Å². The molecule has 2 unspecified atom stereocenters. The van der Waals surface area contributed by atoms with E-state index in [0.29, 0.717) is 23.3 Å². The van der Waals surface area contributed by atoms with Crippen LogP contribution in [0.5, 0.6) is 17.2 Å². The summed E-state index contributed by atoms with van der Waals surface area (Å²) in [6.07, 6.45) is 0.964. The molecular weight excluding hydrogens is 270 g/mol. The smallest absolute Gasteiger partial charge is 0.203 e. The van der Waals surface area contributed by atoms with Gasteiger partial charge < -0.3 is 24.3 Å². The third kappa shape index (κ3) is 4.79.